The van der Waals surface area contributed by atoms with Crippen LogP contribution in [-0.4, -0.2) is 17.6 Å². The second-order valence-electron chi connectivity index (χ2n) is 6.33. The van der Waals surface area contributed by atoms with Crippen molar-refractivity contribution in [2.45, 2.75) is 33.0 Å². The van der Waals surface area contributed by atoms with E-state index in [4.69, 9.17) is 4.42 Å². The van der Waals surface area contributed by atoms with Gasteiger partial charge in [-0.15, -0.1) is 0 Å². The van der Waals surface area contributed by atoms with E-state index in [9.17, 15) is 9.50 Å². The van der Waals surface area contributed by atoms with Gasteiger partial charge >= 0.3 is 0 Å². The van der Waals surface area contributed by atoms with Gasteiger partial charge in [-0.1, -0.05) is 24.3 Å². The number of aliphatic imine (C=N–C) groups is 1. The van der Waals surface area contributed by atoms with E-state index in [2.05, 4.69) is 15.6 Å². The molecule has 1 unspecified atom stereocenters. The Kier molecular flexibility index (Phi) is 6.08. The standard InChI is InChI=1S/C21H24FN3O2/c1-3-23-21(24-12-15-8-9-18(22)17(10-15)13-26)25-14(2)20-11-16-6-4-5-7-19(16)27-20/h4-11,14,26H,3,12-13H2,1-2H3,(H2,23,24,25). The molecule has 0 bridgehead atoms. The second-order valence-corrected chi connectivity index (χ2v) is 6.33. The lowest BCUT2D eigenvalue weighted by Gasteiger charge is -2.16. The molecule has 1 atom stereocenters. The molecule has 6 heteroatoms. The summed E-state index contributed by atoms with van der Waals surface area (Å²) in [6, 6.07) is 14.5. The Labute approximate surface area is 157 Å². The third kappa shape index (κ3) is 4.65. The normalized spacial score (nSPS) is 13.0. The monoisotopic (exact) mass is 369 g/mol. The van der Waals surface area contributed by atoms with Gasteiger partial charge in [-0.3, -0.25) is 0 Å². The highest BCUT2D eigenvalue weighted by atomic mass is 19.1. The lowest BCUT2D eigenvalue weighted by Crippen LogP contribution is -2.38. The maximum atomic E-state index is 13.5. The van der Waals surface area contributed by atoms with Gasteiger partial charge < -0.3 is 20.2 Å². The topological polar surface area (TPSA) is 69.8 Å². The van der Waals surface area contributed by atoms with Crippen molar-refractivity contribution in [3.63, 3.8) is 0 Å². The highest BCUT2D eigenvalue weighted by molar-refractivity contribution is 5.81. The molecule has 3 aromatic rings. The number of nitrogens with zero attached hydrogens (tertiary/aromatic N) is 1. The van der Waals surface area contributed by atoms with Gasteiger partial charge in [0.05, 0.1) is 19.2 Å². The number of aliphatic hydroxyl groups is 1. The number of guanidine groups is 1. The summed E-state index contributed by atoms with van der Waals surface area (Å²) in [5.41, 5.74) is 1.95. The fourth-order valence-corrected chi connectivity index (χ4v) is 2.83. The van der Waals surface area contributed by atoms with Crippen LogP contribution >= 0.6 is 0 Å². The predicted molar refractivity (Wildman–Crippen MR) is 105 cm³/mol. The van der Waals surface area contributed by atoms with E-state index < -0.39 is 5.82 Å². The van der Waals surface area contributed by atoms with Gasteiger partial charge in [0.2, 0.25) is 0 Å². The zero-order chi connectivity index (χ0) is 19.2. The zero-order valence-electron chi connectivity index (χ0n) is 15.5. The number of para-hydroxylation sites is 1. The second kappa shape index (κ2) is 8.68. The quantitative estimate of drug-likeness (QED) is 0.456. The number of furan rings is 1. The first-order valence-electron chi connectivity index (χ1n) is 9.02. The highest BCUT2D eigenvalue weighted by Crippen LogP contribution is 2.23. The SMILES string of the molecule is CCNC(=NCc1ccc(F)c(CO)c1)NC(C)c1cc2ccccc2o1. The molecule has 0 fully saturated rings. The lowest BCUT2D eigenvalue weighted by molar-refractivity contribution is 0.275. The van der Waals surface area contributed by atoms with Crippen LogP contribution < -0.4 is 10.6 Å². The third-order valence-corrected chi connectivity index (χ3v) is 4.27. The van der Waals surface area contributed by atoms with Crippen LogP contribution in [-0.2, 0) is 13.2 Å². The average molecular weight is 369 g/mol. The van der Waals surface area contributed by atoms with Gasteiger partial charge in [0.15, 0.2) is 5.96 Å². The summed E-state index contributed by atoms with van der Waals surface area (Å²) in [6.07, 6.45) is 0. The number of aliphatic hydroxyl groups excluding tert-OH is 1. The third-order valence-electron chi connectivity index (χ3n) is 4.27. The van der Waals surface area contributed by atoms with E-state index in [0.717, 1.165) is 22.3 Å². The fourth-order valence-electron chi connectivity index (χ4n) is 2.83. The minimum absolute atomic E-state index is 0.0728. The molecule has 3 N–H and O–H groups in total. The smallest absolute Gasteiger partial charge is 0.192 e. The Balaban J connectivity index is 1.73. The molecule has 142 valence electrons. The minimum atomic E-state index is -0.409. The van der Waals surface area contributed by atoms with Crippen LogP contribution in [0, 0.1) is 5.82 Å². The van der Waals surface area contributed by atoms with Crippen LogP contribution in [0.15, 0.2) is 57.9 Å². The molecular formula is C21H24FN3O2. The van der Waals surface area contributed by atoms with Crippen molar-refractivity contribution in [1.29, 1.82) is 0 Å². The number of rotatable bonds is 6. The summed E-state index contributed by atoms with van der Waals surface area (Å²) in [5, 5.41) is 16.8. The van der Waals surface area contributed by atoms with E-state index in [1.807, 2.05) is 44.2 Å². The van der Waals surface area contributed by atoms with Crippen molar-refractivity contribution < 1.29 is 13.9 Å². The van der Waals surface area contributed by atoms with E-state index in [1.165, 1.54) is 6.07 Å². The Hall–Kier alpha value is -2.86. The first-order chi connectivity index (χ1) is 13.1. The number of nitrogens with one attached hydrogen (secondary N) is 2. The number of hydrogen-bond acceptors (Lipinski definition) is 3. The number of halogens is 1. The number of fused-ring (bicyclic) bond motifs is 1. The maximum Gasteiger partial charge on any atom is 0.192 e. The van der Waals surface area contributed by atoms with Gasteiger partial charge in [-0.2, -0.15) is 0 Å². The molecule has 0 radical (unpaired) electrons. The summed E-state index contributed by atoms with van der Waals surface area (Å²) >= 11 is 0. The van der Waals surface area contributed by atoms with Crippen LogP contribution in [0.25, 0.3) is 11.0 Å². The van der Waals surface area contributed by atoms with Crippen molar-refractivity contribution in [2.75, 3.05) is 6.54 Å². The molecule has 0 saturated heterocycles. The Morgan fingerprint density at radius 1 is 1.22 bits per heavy atom. The van der Waals surface area contributed by atoms with Crippen LogP contribution in [0.3, 0.4) is 0 Å². The number of hydrogen-bond donors (Lipinski definition) is 3. The molecule has 0 aliphatic heterocycles. The van der Waals surface area contributed by atoms with Crippen molar-refractivity contribution in [3.8, 4) is 0 Å². The van der Waals surface area contributed by atoms with Crippen molar-refractivity contribution in [2.24, 2.45) is 4.99 Å². The summed E-state index contributed by atoms with van der Waals surface area (Å²) in [6.45, 7) is 4.75. The lowest BCUT2D eigenvalue weighted by atomic mass is 10.1. The fraction of sp³-hybridized carbons (Fsp3) is 0.286. The molecule has 27 heavy (non-hydrogen) atoms. The first kappa shape index (κ1) is 18.9. The van der Waals surface area contributed by atoms with Crippen molar-refractivity contribution in [1.82, 2.24) is 10.6 Å². The van der Waals surface area contributed by atoms with E-state index in [-0.39, 0.29) is 18.2 Å². The molecule has 0 aliphatic rings. The van der Waals surface area contributed by atoms with Gasteiger partial charge in [0.1, 0.15) is 17.2 Å². The van der Waals surface area contributed by atoms with Gasteiger partial charge in [0, 0.05) is 17.5 Å². The van der Waals surface area contributed by atoms with Crippen LogP contribution in [0.4, 0.5) is 4.39 Å². The Bertz CT molecular complexity index is 903. The van der Waals surface area contributed by atoms with Crippen LogP contribution in [0.2, 0.25) is 0 Å². The minimum Gasteiger partial charge on any atom is -0.459 e. The predicted octanol–water partition coefficient (Wildman–Crippen LogP) is 3.88. The molecular weight excluding hydrogens is 345 g/mol. The van der Waals surface area contributed by atoms with Crippen LogP contribution in [0.5, 0.6) is 0 Å². The summed E-state index contributed by atoms with van der Waals surface area (Å²) in [5.74, 6) is 1.06. The first-order valence-corrected chi connectivity index (χ1v) is 9.02. The molecule has 0 aliphatic carbocycles. The van der Waals surface area contributed by atoms with Crippen molar-refractivity contribution in [3.05, 3.63) is 71.2 Å². The highest BCUT2D eigenvalue weighted by Gasteiger charge is 2.13. The molecule has 0 saturated carbocycles. The van der Waals surface area contributed by atoms with Gasteiger partial charge in [0.25, 0.3) is 0 Å². The van der Waals surface area contributed by atoms with Gasteiger partial charge in [-0.25, -0.2) is 9.38 Å². The molecule has 5 nitrogen and oxygen atoms in total. The summed E-state index contributed by atoms with van der Waals surface area (Å²) < 4.78 is 19.4. The summed E-state index contributed by atoms with van der Waals surface area (Å²) in [7, 11) is 0. The van der Waals surface area contributed by atoms with Crippen molar-refractivity contribution >= 4 is 16.9 Å². The molecule has 0 spiro atoms. The molecule has 0 amide bonds. The molecule has 1 aromatic heterocycles. The van der Waals surface area contributed by atoms with E-state index in [0.29, 0.717) is 19.0 Å². The Morgan fingerprint density at radius 3 is 2.78 bits per heavy atom. The average Bonchev–Trinajstić information content (AvgIpc) is 3.11. The molecule has 2 aromatic carbocycles. The largest absolute Gasteiger partial charge is 0.459 e. The zero-order valence-corrected chi connectivity index (χ0v) is 15.5. The number of benzene rings is 2. The summed E-state index contributed by atoms with van der Waals surface area (Å²) in [4.78, 5) is 4.56. The molecule has 3 rings (SSSR count). The van der Waals surface area contributed by atoms with Crippen LogP contribution in [0.1, 0.15) is 36.8 Å². The van der Waals surface area contributed by atoms with E-state index >= 15 is 0 Å². The maximum absolute atomic E-state index is 13.5. The van der Waals surface area contributed by atoms with E-state index in [1.54, 1.807) is 12.1 Å². The molecule has 1 heterocycles. The Morgan fingerprint density at radius 2 is 2.04 bits per heavy atom. The van der Waals surface area contributed by atoms with Gasteiger partial charge in [-0.05, 0) is 43.7 Å².